The van der Waals surface area contributed by atoms with Crippen molar-refractivity contribution in [2.24, 2.45) is 5.92 Å². The molecule has 0 aromatic heterocycles. The number of nitrogens with one attached hydrogen (secondary N) is 2. The standard InChI is InChI=1S/C17H15F6N3O3/c1-8(2)13(15(28)29)26-14(27)9(6-24)7-25-12-4-10(16(18,19)20)3-11(5-12)17(21,22)23/h3-5,7-8,13,25H,1-2H3,(H,26,27)(H,28,29)/b9-7-. The smallest absolute Gasteiger partial charge is 0.416 e. The van der Waals surface area contributed by atoms with Gasteiger partial charge in [-0.15, -0.1) is 0 Å². The lowest BCUT2D eigenvalue weighted by Gasteiger charge is -2.17. The lowest BCUT2D eigenvalue weighted by Crippen LogP contribution is -2.44. The predicted octanol–water partition coefficient (Wildman–Crippen LogP) is 3.77. The van der Waals surface area contributed by atoms with E-state index in [2.05, 4.69) is 0 Å². The van der Waals surface area contributed by atoms with E-state index in [0.717, 1.165) is 0 Å². The number of nitriles is 1. The van der Waals surface area contributed by atoms with Crippen molar-refractivity contribution in [2.75, 3.05) is 5.32 Å². The normalized spacial score (nSPS) is 13.6. The zero-order valence-corrected chi connectivity index (χ0v) is 14.9. The number of hydrogen-bond acceptors (Lipinski definition) is 4. The second kappa shape index (κ2) is 8.85. The number of benzene rings is 1. The molecule has 6 nitrogen and oxygen atoms in total. The fourth-order valence-electron chi connectivity index (χ4n) is 2.07. The van der Waals surface area contributed by atoms with Crippen molar-refractivity contribution in [3.63, 3.8) is 0 Å². The highest BCUT2D eigenvalue weighted by Crippen LogP contribution is 2.37. The lowest BCUT2D eigenvalue weighted by atomic mass is 10.0. The molecule has 3 N–H and O–H groups in total. The second-order valence-corrected chi connectivity index (χ2v) is 6.14. The zero-order chi connectivity index (χ0) is 22.6. The molecule has 0 heterocycles. The Labute approximate surface area is 160 Å². The fourth-order valence-corrected chi connectivity index (χ4v) is 2.07. The SMILES string of the molecule is CC(C)C(NC(=O)/C(C#N)=C\Nc1cc(C(F)(F)F)cc(C(F)(F)F)c1)C(=O)O. The van der Waals surface area contributed by atoms with E-state index in [1.54, 1.807) is 0 Å². The maximum absolute atomic E-state index is 12.8. The minimum absolute atomic E-state index is 0.0765. The summed E-state index contributed by atoms with van der Waals surface area (Å²) in [4.78, 5) is 23.1. The van der Waals surface area contributed by atoms with Gasteiger partial charge in [-0.2, -0.15) is 31.6 Å². The van der Waals surface area contributed by atoms with E-state index in [1.165, 1.54) is 19.9 Å². The number of alkyl halides is 6. The Morgan fingerprint density at radius 3 is 1.90 bits per heavy atom. The number of rotatable bonds is 6. The van der Waals surface area contributed by atoms with Crippen LogP contribution >= 0.6 is 0 Å². The number of halogens is 6. The lowest BCUT2D eigenvalue weighted by molar-refractivity contribution is -0.143. The molecule has 0 aliphatic carbocycles. The minimum Gasteiger partial charge on any atom is -0.480 e. The van der Waals surface area contributed by atoms with Crippen molar-refractivity contribution < 1.29 is 41.0 Å². The summed E-state index contributed by atoms with van der Waals surface area (Å²) in [6.07, 6.45) is -9.55. The van der Waals surface area contributed by atoms with Crippen LogP contribution in [-0.2, 0) is 21.9 Å². The first-order chi connectivity index (χ1) is 13.2. The molecule has 0 radical (unpaired) electrons. The Balaban J connectivity index is 3.20. The molecule has 1 amide bonds. The number of carbonyl (C=O) groups is 2. The van der Waals surface area contributed by atoms with E-state index in [-0.39, 0.29) is 6.07 Å². The maximum atomic E-state index is 12.8. The number of nitrogens with zero attached hydrogens (tertiary/aromatic N) is 1. The fraction of sp³-hybridized carbons (Fsp3) is 0.353. The first-order valence-corrected chi connectivity index (χ1v) is 7.86. The molecule has 0 fully saturated rings. The van der Waals surface area contributed by atoms with Gasteiger partial charge in [-0.25, -0.2) is 4.79 Å². The molecule has 1 aromatic carbocycles. The van der Waals surface area contributed by atoms with Crippen molar-refractivity contribution in [2.45, 2.75) is 32.2 Å². The second-order valence-electron chi connectivity index (χ2n) is 6.14. The molecule has 1 atom stereocenters. The Morgan fingerprint density at radius 1 is 1.07 bits per heavy atom. The monoisotopic (exact) mass is 423 g/mol. The van der Waals surface area contributed by atoms with Crippen LogP contribution in [0, 0.1) is 17.2 Å². The van der Waals surface area contributed by atoms with E-state index in [9.17, 15) is 35.9 Å². The minimum atomic E-state index is -5.07. The molecule has 0 aliphatic rings. The Hall–Kier alpha value is -3.23. The summed E-state index contributed by atoms with van der Waals surface area (Å²) in [7, 11) is 0. The summed E-state index contributed by atoms with van der Waals surface area (Å²) in [5, 5.41) is 22.1. The van der Waals surface area contributed by atoms with Crippen LogP contribution in [0.2, 0.25) is 0 Å². The quantitative estimate of drug-likeness (QED) is 0.367. The van der Waals surface area contributed by atoms with Crippen LogP contribution in [0.5, 0.6) is 0 Å². The predicted molar refractivity (Wildman–Crippen MR) is 88.2 cm³/mol. The average Bonchev–Trinajstić information content (AvgIpc) is 2.57. The molecule has 29 heavy (non-hydrogen) atoms. The topological polar surface area (TPSA) is 102 Å². The van der Waals surface area contributed by atoms with E-state index in [1.807, 2.05) is 10.6 Å². The molecule has 0 spiro atoms. The van der Waals surface area contributed by atoms with Gasteiger partial charge in [0, 0.05) is 11.9 Å². The molecular formula is C17H15F6N3O3. The van der Waals surface area contributed by atoms with Crippen LogP contribution in [0.25, 0.3) is 0 Å². The number of carbonyl (C=O) groups excluding carboxylic acids is 1. The third kappa shape index (κ3) is 6.70. The molecule has 1 unspecified atom stereocenters. The Kier molecular flexibility index (Phi) is 7.26. The number of carboxylic acid groups (broad SMARTS) is 1. The third-order valence-electron chi connectivity index (χ3n) is 3.56. The average molecular weight is 423 g/mol. The van der Waals surface area contributed by atoms with Crippen molar-refractivity contribution in [1.82, 2.24) is 5.32 Å². The van der Waals surface area contributed by atoms with Crippen LogP contribution in [0.15, 0.2) is 30.0 Å². The van der Waals surface area contributed by atoms with Crippen LogP contribution < -0.4 is 10.6 Å². The molecule has 0 saturated heterocycles. The van der Waals surface area contributed by atoms with Crippen molar-refractivity contribution >= 4 is 17.6 Å². The Bertz CT molecular complexity index is 821. The van der Waals surface area contributed by atoms with Crippen molar-refractivity contribution in [3.05, 3.63) is 41.1 Å². The number of hydrogen-bond donors (Lipinski definition) is 3. The maximum Gasteiger partial charge on any atom is 0.416 e. The van der Waals surface area contributed by atoms with E-state index in [4.69, 9.17) is 10.4 Å². The van der Waals surface area contributed by atoms with E-state index < -0.39 is 58.6 Å². The Morgan fingerprint density at radius 2 is 1.55 bits per heavy atom. The van der Waals surface area contributed by atoms with E-state index in [0.29, 0.717) is 18.3 Å². The number of anilines is 1. The van der Waals surface area contributed by atoms with Crippen LogP contribution in [0.3, 0.4) is 0 Å². The molecule has 12 heteroatoms. The highest BCUT2D eigenvalue weighted by atomic mass is 19.4. The number of amides is 1. The summed E-state index contributed by atoms with van der Waals surface area (Å²) in [6.45, 7) is 2.96. The molecule has 158 valence electrons. The summed E-state index contributed by atoms with van der Waals surface area (Å²) < 4.78 is 77.0. The largest absolute Gasteiger partial charge is 0.480 e. The van der Waals surface area contributed by atoms with Crippen molar-refractivity contribution in [3.8, 4) is 6.07 Å². The van der Waals surface area contributed by atoms with Gasteiger partial charge in [0.25, 0.3) is 5.91 Å². The summed E-state index contributed by atoms with van der Waals surface area (Å²) in [5.41, 5.74) is -4.59. The zero-order valence-electron chi connectivity index (χ0n) is 14.9. The van der Waals surface area contributed by atoms with Gasteiger partial charge in [0.1, 0.15) is 17.7 Å². The highest BCUT2D eigenvalue weighted by molar-refractivity contribution is 5.99. The highest BCUT2D eigenvalue weighted by Gasteiger charge is 2.37. The summed E-state index contributed by atoms with van der Waals surface area (Å²) in [6, 6.07) is 0.697. The number of aliphatic carboxylic acids is 1. The molecule has 0 bridgehead atoms. The molecule has 1 rings (SSSR count). The first-order valence-electron chi connectivity index (χ1n) is 7.86. The molecule has 0 aliphatic heterocycles. The van der Waals surface area contributed by atoms with E-state index >= 15 is 0 Å². The van der Waals surface area contributed by atoms with Crippen molar-refractivity contribution in [1.29, 1.82) is 5.26 Å². The first kappa shape index (κ1) is 23.8. The van der Waals surface area contributed by atoms with Gasteiger partial charge >= 0.3 is 18.3 Å². The van der Waals surface area contributed by atoms with Crippen LogP contribution in [-0.4, -0.2) is 23.0 Å². The van der Waals surface area contributed by atoms with Gasteiger partial charge in [-0.05, 0) is 24.1 Å². The van der Waals surface area contributed by atoms with Gasteiger partial charge in [0.05, 0.1) is 11.1 Å². The molecular weight excluding hydrogens is 408 g/mol. The molecule has 1 aromatic rings. The van der Waals surface area contributed by atoms with Crippen LogP contribution in [0.1, 0.15) is 25.0 Å². The number of carboxylic acids is 1. The van der Waals surface area contributed by atoms with Crippen LogP contribution in [0.4, 0.5) is 32.0 Å². The third-order valence-corrected chi connectivity index (χ3v) is 3.56. The van der Waals surface area contributed by atoms with Gasteiger partial charge < -0.3 is 15.7 Å². The van der Waals surface area contributed by atoms with Gasteiger partial charge in [0.2, 0.25) is 0 Å². The van der Waals surface area contributed by atoms with Gasteiger partial charge in [0.15, 0.2) is 0 Å². The molecule has 0 saturated carbocycles. The van der Waals surface area contributed by atoms with Gasteiger partial charge in [-0.3, -0.25) is 4.79 Å². The summed E-state index contributed by atoms with van der Waals surface area (Å²) >= 11 is 0. The van der Waals surface area contributed by atoms with Gasteiger partial charge in [-0.1, -0.05) is 13.8 Å². The summed E-state index contributed by atoms with van der Waals surface area (Å²) in [5.74, 6) is -3.10.